The molecule has 0 fully saturated rings. The van der Waals surface area contributed by atoms with Crippen LogP contribution in [-0.4, -0.2) is 4.57 Å². The van der Waals surface area contributed by atoms with Crippen molar-refractivity contribution in [2.24, 2.45) is 0 Å². The molecule has 0 atom stereocenters. The quantitative estimate of drug-likeness (QED) is 0.427. The number of halogens is 1. The Balaban J connectivity index is 0.000000569. The average Bonchev–Trinajstić information content (AvgIpc) is 2.94. The van der Waals surface area contributed by atoms with E-state index in [4.69, 9.17) is 16.9 Å². The van der Waals surface area contributed by atoms with Gasteiger partial charge in [-0.05, 0) is 23.8 Å². The van der Waals surface area contributed by atoms with Crippen LogP contribution in [0.2, 0.25) is 5.02 Å². The first-order valence-corrected chi connectivity index (χ1v) is 8.26. The molecule has 0 amide bonds. The first-order chi connectivity index (χ1) is 12.2. The molecule has 3 nitrogen and oxygen atoms in total. The Kier molecular flexibility index (Phi) is 4.92. The summed E-state index contributed by atoms with van der Waals surface area (Å²) in [5.41, 5.74) is 3.19. The maximum Gasteiger partial charge on any atom is 0.207 e. The molecular weight excluding hydrogens is 332 g/mol. The van der Waals surface area contributed by atoms with E-state index in [-0.39, 0.29) is 10.8 Å². The molecule has 0 saturated heterocycles. The number of aromatic nitrogens is 1. The molecule has 0 unspecified atom stereocenters. The van der Waals surface area contributed by atoms with E-state index in [9.17, 15) is 5.11 Å². The van der Waals surface area contributed by atoms with E-state index in [0.717, 1.165) is 23.0 Å². The molecule has 1 radical (unpaired) electrons. The molecule has 25 heavy (non-hydrogen) atoms. The summed E-state index contributed by atoms with van der Waals surface area (Å²) in [7, 11) is 0. The molecule has 0 aliphatic rings. The van der Waals surface area contributed by atoms with Gasteiger partial charge >= 0.3 is 0 Å². The van der Waals surface area contributed by atoms with Crippen LogP contribution in [0.15, 0.2) is 66.7 Å². The Hall–Kier alpha value is -2.96. The molecule has 0 bridgehead atoms. The van der Waals surface area contributed by atoms with Crippen molar-refractivity contribution in [3.8, 4) is 11.8 Å². The summed E-state index contributed by atoms with van der Waals surface area (Å²) < 4.78 is 2.18. The largest absolute Gasteiger partial charge is 0.336 e. The number of para-hydroxylation sites is 1. The summed E-state index contributed by atoms with van der Waals surface area (Å²) in [4.78, 5) is 0. The zero-order valence-corrected chi connectivity index (χ0v) is 14.5. The fourth-order valence-corrected chi connectivity index (χ4v) is 3.18. The Bertz CT molecular complexity index is 1060. The van der Waals surface area contributed by atoms with Crippen LogP contribution in [-0.2, 0) is 11.7 Å². The summed E-state index contributed by atoms with van der Waals surface area (Å²) in [6.45, 7) is 2.16. The Morgan fingerprint density at radius 3 is 2.32 bits per heavy atom. The van der Waals surface area contributed by atoms with Crippen LogP contribution in [0, 0.1) is 11.3 Å². The number of hydrogen-bond acceptors (Lipinski definition) is 1. The summed E-state index contributed by atoms with van der Waals surface area (Å²) in [5.74, 6) is -0.0952. The zero-order valence-electron chi connectivity index (χ0n) is 13.7. The van der Waals surface area contributed by atoms with E-state index in [1.165, 1.54) is 12.5 Å². The first-order valence-electron chi connectivity index (χ1n) is 7.88. The van der Waals surface area contributed by atoms with Gasteiger partial charge in [-0.2, -0.15) is 5.26 Å². The van der Waals surface area contributed by atoms with Gasteiger partial charge in [0.25, 0.3) is 0 Å². The van der Waals surface area contributed by atoms with Gasteiger partial charge in [-0.25, -0.2) is 0 Å². The monoisotopic (exact) mass is 347 g/mol. The standard InChI is InChI=1S/C19H13ClNO.C2H3N/c20-15-10-11-17-18(19(15)22)14-8-4-5-9-16(14)21(17)12-13-6-2-1-3-7-13;1-2-3/h1-11H,12H2;1H3. The minimum atomic E-state index is -0.0952. The molecule has 1 heterocycles. The van der Waals surface area contributed by atoms with Crippen LogP contribution >= 0.6 is 11.6 Å². The number of benzene rings is 3. The van der Waals surface area contributed by atoms with Gasteiger partial charge in [0.2, 0.25) is 5.75 Å². The fraction of sp³-hybridized carbons (Fsp3) is 0.0952. The highest BCUT2D eigenvalue weighted by Gasteiger charge is 2.16. The van der Waals surface area contributed by atoms with Crippen LogP contribution < -0.4 is 0 Å². The van der Waals surface area contributed by atoms with E-state index < -0.39 is 0 Å². The second-order valence-corrected chi connectivity index (χ2v) is 5.99. The van der Waals surface area contributed by atoms with Crippen LogP contribution in [0.25, 0.3) is 21.8 Å². The highest BCUT2D eigenvalue weighted by molar-refractivity contribution is 6.34. The number of rotatable bonds is 2. The van der Waals surface area contributed by atoms with Gasteiger partial charge < -0.3 is 4.57 Å². The van der Waals surface area contributed by atoms with E-state index in [0.29, 0.717) is 5.39 Å². The third-order valence-corrected chi connectivity index (χ3v) is 4.32. The molecule has 1 aromatic heterocycles. The van der Waals surface area contributed by atoms with Gasteiger partial charge in [-0.15, -0.1) is 0 Å². The van der Waals surface area contributed by atoms with E-state index >= 15 is 0 Å². The normalized spacial score (nSPS) is 10.3. The van der Waals surface area contributed by atoms with E-state index in [1.54, 1.807) is 12.1 Å². The molecule has 123 valence electrons. The smallest absolute Gasteiger partial charge is 0.207 e. The van der Waals surface area contributed by atoms with Crippen molar-refractivity contribution in [1.82, 2.24) is 4.57 Å². The van der Waals surface area contributed by atoms with Crippen molar-refractivity contribution in [3.05, 3.63) is 77.3 Å². The second kappa shape index (κ2) is 7.29. The van der Waals surface area contributed by atoms with Crippen molar-refractivity contribution in [2.75, 3.05) is 0 Å². The van der Waals surface area contributed by atoms with Crippen molar-refractivity contribution in [3.63, 3.8) is 0 Å². The topological polar surface area (TPSA) is 48.6 Å². The van der Waals surface area contributed by atoms with Crippen LogP contribution in [0.4, 0.5) is 0 Å². The highest BCUT2D eigenvalue weighted by atomic mass is 35.5. The number of nitrogens with zero attached hydrogens (tertiary/aromatic N) is 2. The minimum absolute atomic E-state index is 0.0952. The summed E-state index contributed by atoms with van der Waals surface area (Å²) in [6, 6.07) is 23.6. The molecule has 0 aliphatic heterocycles. The Labute approximate surface area is 151 Å². The maximum absolute atomic E-state index is 12.5. The van der Waals surface area contributed by atoms with Crippen LogP contribution in [0.5, 0.6) is 5.75 Å². The lowest BCUT2D eigenvalue weighted by atomic mass is 10.1. The lowest BCUT2D eigenvalue weighted by Gasteiger charge is -2.07. The number of nitriles is 1. The molecular formula is C21H16ClN2O. The molecule has 4 aromatic rings. The minimum Gasteiger partial charge on any atom is -0.336 e. The van der Waals surface area contributed by atoms with Crippen molar-refractivity contribution in [1.29, 1.82) is 5.26 Å². The van der Waals surface area contributed by atoms with Crippen molar-refractivity contribution in [2.45, 2.75) is 13.5 Å². The van der Waals surface area contributed by atoms with Gasteiger partial charge in [0.15, 0.2) is 0 Å². The molecule has 0 N–H and O–H groups in total. The van der Waals surface area contributed by atoms with Gasteiger partial charge in [0.1, 0.15) is 0 Å². The van der Waals surface area contributed by atoms with Crippen LogP contribution in [0.1, 0.15) is 12.5 Å². The second-order valence-electron chi connectivity index (χ2n) is 5.58. The molecule has 4 rings (SSSR count). The maximum atomic E-state index is 12.5. The summed E-state index contributed by atoms with van der Waals surface area (Å²) >= 11 is 6.04. The third-order valence-electron chi connectivity index (χ3n) is 4.03. The summed E-state index contributed by atoms with van der Waals surface area (Å²) in [6.07, 6.45) is 0. The average molecular weight is 348 g/mol. The zero-order chi connectivity index (χ0) is 17.8. The SMILES string of the molecule is CC#N.[O]c1c(Cl)ccc2c1c1ccccc1n2Cc1ccccc1. The van der Waals surface area contributed by atoms with Gasteiger partial charge in [0.05, 0.1) is 22.0 Å². The molecule has 0 saturated carbocycles. The molecule has 3 aromatic carbocycles. The van der Waals surface area contributed by atoms with Crippen molar-refractivity contribution >= 4 is 33.4 Å². The van der Waals surface area contributed by atoms with Gasteiger partial charge in [0, 0.05) is 24.4 Å². The Morgan fingerprint density at radius 2 is 1.60 bits per heavy atom. The molecule has 4 heteroatoms. The predicted octanol–water partition coefficient (Wildman–Crippen LogP) is 6.17. The Morgan fingerprint density at radius 1 is 0.960 bits per heavy atom. The third kappa shape index (κ3) is 3.17. The van der Waals surface area contributed by atoms with Gasteiger partial charge in [-0.1, -0.05) is 60.1 Å². The molecule has 0 spiro atoms. The van der Waals surface area contributed by atoms with Gasteiger partial charge in [-0.3, -0.25) is 5.11 Å². The first kappa shape index (κ1) is 16.9. The number of hydrogen-bond donors (Lipinski definition) is 0. The predicted molar refractivity (Wildman–Crippen MR) is 101 cm³/mol. The lowest BCUT2D eigenvalue weighted by Crippen LogP contribution is -1.98. The van der Waals surface area contributed by atoms with E-state index in [2.05, 4.69) is 16.7 Å². The lowest BCUT2D eigenvalue weighted by molar-refractivity contribution is 0.361. The van der Waals surface area contributed by atoms with Crippen LogP contribution in [0.3, 0.4) is 0 Å². The highest BCUT2D eigenvalue weighted by Crippen LogP contribution is 2.39. The molecule has 0 aliphatic carbocycles. The van der Waals surface area contributed by atoms with Crippen molar-refractivity contribution < 1.29 is 5.11 Å². The van der Waals surface area contributed by atoms with E-state index in [1.807, 2.05) is 48.5 Å². The summed E-state index contributed by atoms with van der Waals surface area (Å²) in [5, 5.41) is 21.7. The fourth-order valence-electron chi connectivity index (χ4n) is 3.02. The number of fused-ring (bicyclic) bond motifs is 3.